The van der Waals surface area contributed by atoms with Crippen molar-refractivity contribution in [1.29, 1.82) is 0 Å². The summed E-state index contributed by atoms with van der Waals surface area (Å²) in [5.41, 5.74) is 1.34. The first kappa shape index (κ1) is 10.7. The highest BCUT2D eigenvalue weighted by atomic mass is 16.5. The molecule has 12 heavy (non-hydrogen) atoms. The summed E-state index contributed by atoms with van der Waals surface area (Å²) in [6.07, 6.45) is 3.83. The zero-order chi connectivity index (χ0) is 9.40. The third-order valence-electron chi connectivity index (χ3n) is 1.20. The van der Waals surface area contributed by atoms with Crippen LogP contribution in [0.1, 0.15) is 0 Å². The molecule has 3 nitrogen and oxygen atoms in total. The summed E-state index contributed by atoms with van der Waals surface area (Å²) in [4.78, 5) is 10.1. The number of hydrogen-bond acceptors (Lipinski definition) is 2. The molecule has 66 valence electrons. The summed E-state index contributed by atoms with van der Waals surface area (Å²) in [5, 5.41) is 2.50. The summed E-state index contributed by atoms with van der Waals surface area (Å²) in [6, 6.07) is 0. The highest BCUT2D eigenvalue weighted by Crippen LogP contribution is 2.03. The predicted molar refractivity (Wildman–Crippen MR) is 48.5 cm³/mol. The lowest BCUT2D eigenvalue weighted by Crippen LogP contribution is -2.14. The van der Waals surface area contributed by atoms with Crippen LogP contribution in [0.5, 0.6) is 0 Å². The Hall–Kier alpha value is -1.35. The number of rotatable bonds is 6. The molecule has 0 aromatic carbocycles. The SMILES string of the molecule is C=C/C=C(/NC=O)C(=C)COC. The molecule has 0 unspecified atom stereocenters. The number of carbonyl (C=O) groups excluding carboxylic acids is 1. The summed E-state index contributed by atoms with van der Waals surface area (Å²) in [6.45, 7) is 7.62. The highest BCUT2D eigenvalue weighted by Gasteiger charge is 1.98. The molecule has 0 aromatic rings. The molecule has 0 saturated carbocycles. The highest BCUT2D eigenvalue weighted by molar-refractivity contribution is 5.53. The molecular weight excluding hydrogens is 154 g/mol. The van der Waals surface area contributed by atoms with Crippen molar-refractivity contribution >= 4 is 6.41 Å². The molecule has 0 atom stereocenters. The van der Waals surface area contributed by atoms with Gasteiger partial charge in [-0.25, -0.2) is 0 Å². The maximum Gasteiger partial charge on any atom is 0.211 e. The summed E-state index contributed by atoms with van der Waals surface area (Å²) >= 11 is 0. The summed E-state index contributed by atoms with van der Waals surface area (Å²) in [5.74, 6) is 0. The third kappa shape index (κ3) is 3.73. The van der Waals surface area contributed by atoms with Gasteiger partial charge in [-0.2, -0.15) is 0 Å². The van der Waals surface area contributed by atoms with E-state index in [4.69, 9.17) is 4.74 Å². The van der Waals surface area contributed by atoms with Crippen LogP contribution in [0.25, 0.3) is 0 Å². The van der Waals surface area contributed by atoms with E-state index in [2.05, 4.69) is 18.5 Å². The molecular formula is C9H13NO2. The number of amides is 1. The van der Waals surface area contributed by atoms with Gasteiger partial charge in [-0.05, 0) is 11.6 Å². The Kier molecular flexibility index (Phi) is 5.65. The smallest absolute Gasteiger partial charge is 0.211 e. The number of ether oxygens (including phenoxy) is 1. The normalized spacial score (nSPS) is 10.6. The van der Waals surface area contributed by atoms with Crippen molar-refractivity contribution in [3.05, 3.63) is 36.6 Å². The van der Waals surface area contributed by atoms with Gasteiger partial charge in [-0.15, -0.1) is 0 Å². The minimum atomic E-state index is 0.389. The minimum absolute atomic E-state index is 0.389. The average Bonchev–Trinajstić information content (AvgIpc) is 2.04. The van der Waals surface area contributed by atoms with Crippen LogP contribution >= 0.6 is 0 Å². The minimum Gasteiger partial charge on any atom is -0.380 e. The van der Waals surface area contributed by atoms with Gasteiger partial charge >= 0.3 is 0 Å². The van der Waals surface area contributed by atoms with Gasteiger partial charge in [0.05, 0.1) is 6.61 Å². The van der Waals surface area contributed by atoms with E-state index < -0.39 is 0 Å². The number of hydrogen-bond donors (Lipinski definition) is 1. The van der Waals surface area contributed by atoms with E-state index in [0.717, 1.165) is 0 Å². The molecule has 1 amide bonds. The van der Waals surface area contributed by atoms with Crippen molar-refractivity contribution in [2.75, 3.05) is 13.7 Å². The fourth-order valence-corrected chi connectivity index (χ4v) is 0.701. The molecule has 0 spiro atoms. The van der Waals surface area contributed by atoms with Crippen LogP contribution in [0, 0.1) is 0 Å². The molecule has 0 aliphatic rings. The molecule has 0 aliphatic heterocycles. The first-order valence-electron chi connectivity index (χ1n) is 3.46. The predicted octanol–water partition coefficient (Wildman–Crippen LogP) is 1.00. The Morgan fingerprint density at radius 2 is 2.33 bits per heavy atom. The van der Waals surface area contributed by atoms with Crippen molar-refractivity contribution < 1.29 is 9.53 Å². The van der Waals surface area contributed by atoms with Crippen LogP contribution in [0.2, 0.25) is 0 Å². The lowest BCUT2D eigenvalue weighted by atomic mass is 10.2. The van der Waals surface area contributed by atoms with E-state index in [1.807, 2.05) is 0 Å². The Bertz CT molecular complexity index is 207. The third-order valence-corrected chi connectivity index (χ3v) is 1.20. The molecule has 0 radical (unpaired) electrons. The van der Waals surface area contributed by atoms with Crippen molar-refractivity contribution in [3.8, 4) is 0 Å². The molecule has 0 fully saturated rings. The largest absolute Gasteiger partial charge is 0.380 e. The van der Waals surface area contributed by atoms with E-state index >= 15 is 0 Å². The first-order chi connectivity index (χ1) is 5.76. The molecule has 1 N–H and O–H groups in total. The first-order valence-corrected chi connectivity index (χ1v) is 3.46. The fraction of sp³-hybridized carbons (Fsp3) is 0.222. The van der Waals surface area contributed by atoms with Gasteiger partial charge in [-0.3, -0.25) is 4.79 Å². The van der Waals surface area contributed by atoms with E-state index in [0.29, 0.717) is 24.3 Å². The molecule has 0 heterocycles. The van der Waals surface area contributed by atoms with Crippen molar-refractivity contribution in [3.63, 3.8) is 0 Å². The fourth-order valence-electron chi connectivity index (χ4n) is 0.701. The number of nitrogens with one attached hydrogen (secondary N) is 1. The Morgan fingerprint density at radius 3 is 2.75 bits per heavy atom. The molecule has 0 rings (SSSR count). The lowest BCUT2D eigenvalue weighted by Gasteiger charge is -2.06. The number of methoxy groups -OCH3 is 1. The maximum atomic E-state index is 10.1. The molecule has 0 saturated heterocycles. The standard InChI is InChI=1S/C9H13NO2/c1-4-5-9(10-7-11)8(2)6-12-3/h4-5,7H,1-2,6H2,3H3,(H,10,11)/b9-5+. The molecule has 3 heteroatoms. The second-order valence-electron chi connectivity index (χ2n) is 2.11. The quantitative estimate of drug-likeness (QED) is 0.473. The van der Waals surface area contributed by atoms with Crippen LogP contribution in [-0.2, 0) is 9.53 Å². The van der Waals surface area contributed by atoms with Crippen LogP contribution in [0.3, 0.4) is 0 Å². The van der Waals surface area contributed by atoms with Crippen molar-refractivity contribution in [2.24, 2.45) is 0 Å². The van der Waals surface area contributed by atoms with E-state index in [-0.39, 0.29) is 0 Å². The lowest BCUT2D eigenvalue weighted by molar-refractivity contribution is -0.108. The van der Waals surface area contributed by atoms with Gasteiger partial charge in [0.2, 0.25) is 6.41 Å². The summed E-state index contributed by atoms with van der Waals surface area (Å²) < 4.78 is 4.85. The van der Waals surface area contributed by atoms with Gasteiger partial charge in [-0.1, -0.05) is 19.2 Å². The number of allylic oxidation sites excluding steroid dienone is 2. The maximum absolute atomic E-state index is 10.1. The van der Waals surface area contributed by atoms with Gasteiger partial charge in [0.15, 0.2) is 0 Å². The number of carbonyl (C=O) groups is 1. The Labute approximate surface area is 72.4 Å². The average molecular weight is 167 g/mol. The monoisotopic (exact) mass is 167 g/mol. The van der Waals surface area contributed by atoms with Gasteiger partial charge in [0.1, 0.15) is 0 Å². The van der Waals surface area contributed by atoms with E-state index in [1.54, 1.807) is 19.3 Å². The molecule has 0 aliphatic carbocycles. The van der Waals surface area contributed by atoms with E-state index in [1.165, 1.54) is 0 Å². The molecule has 0 bridgehead atoms. The Morgan fingerprint density at radius 1 is 1.67 bits per heavy atom. The van der Waals surface area contributed by atoms with Crippen LogP contribution in [0.4, 0.5) is 0 Å². The second-order valence-corrected chi connectivity index (χ2v) is 2.11. The second kappa shape index (κ2) is 6.37. The van der Waals surface area contributed by atoms with Gasteiger partial charge < -0.3 is 10.1 Å². The van der Waals surface area contributed by atoms with Crippen LogP contribution in [0.15, 0.2) is 36.6 Å². The van der Waals surface area contributed by atoms with Crippen LogP contribution in [-0.4, -0.2) is 20.1 Å². The molecule has 0 aromatic heterocycles. The van der Waals surface area contributed by atoms with Gasteiger partial charge in [0.25, 0.3) is 0 Å². The van der Waals surface area contributed by atoms with Gasteiger partial charge in [0, 0.05) is 12.8 Å². The zero-order valence-electron chi connectivity index (χ0n) is 7.17. The van der Waals surface area contributed by atoms with Crippen molar-refractivity contribution in [1.82, 2.24) is 5.32 Å². The van der Waals surface area contributed by atoms with Crippen molar-refractivity contribution in [2.45, 2.75) is 0 Å². The topological polar surface area (TPSA) is 38.3 Å². The van der Waals surface area contributed by atoms with Crippen LogP contribution < -0.4 is 5.32 Å². The Balaban J connectivity index is 4.28. The van der Waals surface area contributed by atoms with E-state index in [9.17, 15) is 4.79 Å². The zero-order valence-corrected chi connectivity index (χ0v) is 7.17. The summed E-state index contributed by atoms with van der Waals surface area (Å²) in [7, 11) is 1.57.